The second-order valence-electron chi connectivity index (χ2n) is 5.92. The number of hydrogen-bond acceptors (Lipinski definition) is 4. The van der Waals surface area contributed by atoms with Gasteiger partial charge in [-0.3, -0.25) is 9.59 Å². The SMILES string of the molecule is COc1ccc(CN2C(=O)C(NC(C)=O)c3cccc(Cl)c32)cc1OC. The van der Waals surface area contributed by atoms with Crippen LogP contribution in [0.1, 0.15) is 24.1 Å². The van der Waals surface area contributed by atoms with Crippen molar-refractivity contribution in [2.24, 2.45) is 0 Å². The Balaban J connectivity index is 1.98. The molecule has 6 nitrogen and oxygen atoms in total. The molecule has 136 valence electrons. The highest BCUT2D eigenvalue weighted by Crippen LogP contribution is 2.42. The second kappa shape index (κ2) is 7.25. The summed E-state index contributed by atoms with van der Waals surface area (Å²) in [4.78, 5) is 26.0. The molecule has 0 radical (unpaired) electrons. The molecule has 1 atom stereocenters. The van der Waals surface area contributed by atoms with Crippen molar-refractivity contribution >= 4 is 29.1 Å². The summed E-state index contributed by atoms with van der Waals surface area (Å²) < 4.78 is 10.6. The topological polar surface area (TPSA) is 67.9 Å². The van der Waals surface area contributed by atoms with Crippen molar-refractivity contribution in [3.05, 3.63) is 52.5 Å². The number of para-hydroxylation sites is 1. The third-order valence-electron chi connectivity index (χ3n) is 4.25. The Bertz CT molecular complexity index is 869. The summed E-state index contributed by atoms with van der Waals surface area (Å²) in [5, 5.41) is 3.16. The zero-order valence-electron chi connectivity index (χ0n) is 14.7. The molecule has 0 aliphatic carbocycles. The van der Waals surface area contributed by atoms with Crippen LogP contribution in [-0.2, 0) is 16.1 Å². The molecule has 1 unspecified atom stereocenters. The quantitative estimate of drug-likeness (QED) is 0.873. The van der Waals surface area contributed by atoms with Gasteiger partial charge in [0.25, 0.3) is 5.91 Å². The summed E-state index contributed by atoms with van der Waals surface area (Å²) in [5.74, 6) is 0.688. The average molecular weight is 375 g/mol. The summed E-state index contributed by atoms with van der Waals surface area (Å²) in [6, 6.07) is 10.0. The standard InChI is InChI=1S/C19H19ClN2O4/c1-11(23)21-17-13-5-4-6-14(20)18(13)22(19(17)24)10-12-7-8-15(25-2)16(9-12)26-3/h4-9,17H,10H2,1-3H3,(H,21,23). The Hall–Kier alpha value is -2.73. The van der Waals surface area contributed by atoms with Crippen LogP contribution in [0.25, 0.3) is 0 Å². The van der Waals surface area contributed by atoms with E-state index in [4.69, 9.17) is 21.1 Å². The lowest BCUT2D eigenvalue weighted by molar-refractivity contribution is -0.126. The second-order valence-corrected chi connectivity index (χ2v) is 6.33. The fourth-order valence-corrected chi connectivity index (χ4v) is 3.39. The lowest BCUT2D eigenvalue weighted by Gasteiger charge is -2.20. The van der Waals surface area contributed by atoms with Gasteiger partial charge in [-0.15, -0.1) is 0 Å². The fourth-order valence-electron chi connectivity index (χ4n) is 3.11. The third-order valence-corrected chi connectivity index (χ3v) is 4.55. The van der Waals surface area contributed by atoms with Gasteiger partial charge in [0, 0.05) is 12.5 Å². The highest BCUT2D eigenvalue weighted by molar-refractivity contribution is 6.34. The minimum Gasteiger partial charge on any atom is -0.493 e. The zero-order chi connectivity index (χ0) is 18.8. The number of nitrogens with zero attached hydrogens (tertiary/aromatic N) is 1. The number of amides is 2. The summed E-state index contributed by atoms with van der Waals surface area (Å²) in [5.41, 5.74) is 2.16. The van der Waals surface area contributed by atoms with Gasteiger partial charge < -0.3 is 19.7 Å². The maximum Gasteiger partial charge on any atom is 0.254 e. The number of rotatable bonds is 5. The highest BCUT2D eigenvalue weighted by Gasteiger charge is 2.39. The van der Waals surface area contributed by atoms with Crippen molar-refractivity contribution in [1.29, 1.82) is 0 Å². The first kappa shape index (κ1) is 18.1. The molecule has 0 saturated carbocycles. The van der Waals surface area contributed by atoms with Gasteiger partial charge in [-0.2, -0.15) is 0 Å². The zero-order valence-corrected chi connectivity index (χ0v) is 15.5. The Kier molecular flexibility index (Phi) is 5.04. The van der Waals surface area contributed by atoms with Gasteiger partial charge >= 0.3 is 0 Å². The molecular weight excluding hydrogens is 356 g/mol. The molecule has 2 aromatic carbocycles. The van der Waals surface area contributed by atoms with Gasteiger partial charge in [0.05, 0.1) is 31.5 Å². The minimum absolute atomic E-state index is 0.224. The predicted molar refractivity (Wildman–Crippen MR) is 98.7 cm³/mol. The first-order chi connectivity index (χ1) is 12.5. The van der Waals surface area contributed by atoms with Gasteiger partial charge in [0.1, 0.15) is 6.04 Å². The van der Waals surface area contributed by atoms with Crippen LogP contribution < -0.4 is 19.7 Å². The van der Waals surface area contributed by atoms with E-state index < -0.39 is 6.04 Å². The molecule has 1 N–H and O–H groups in total. The molecule has 2 amide bonds. The number of carbonyl (C=O) groups is 2. The molecule has 0 fully saturated rings. The molecule has 0 spiro atoms. The number of hydrogen-bond donors (Lipinski definition) is 1. The average Bonchev–Trinajstić information content (AvgIpc) is 2.88. The molecule has 1 aliphatic heterocycles. The van der Waals surface area contributed by atoms with Crippen LogP contribution in [0, 0.1) is 0 Å². The van der Waals surface area contributed by atoms with Crippen molar-refractivity contribution < 1.29 is 19.1 Å². The normalized spacial score (nSPS) is 15.6. The van der Waals surface area contributed by atoms with Gasteiger partial charge in [0.15, 0.2) is 11.5 Å². The van der Waals surface area contributed by atoms with Crippen LogP contribution in [0.3, 0.4) is 0 Å². The Morgan fingerprint density at radius 2 is 1.92 bits per heavy atom. The first-order valence-corrected chi connectivity index (χ1v) is 8.42. The molecule has 0 bridgehead atoms. The van der Waals surface area contributed by atoms with Crippen LogP contribution in [0.2, 0.25) is 5.02 Å². The maximum absolute atomic E-state index is 12.9. The van der Waals surface area contributed by atoms with E-state index in [0.717, 1.165) is 5.56 Å². The van der Waals surface area contributed by atoms with Gasteiger partial charge in [-0.1, -0.05) is 29.8 Å². The largest absolute Gasteiger partial charge is 0.493 e. The number of methoxy groups -OCH3 is 2. The van der Waals surface area contributed by atoms with Crippen LogP contribution in [0.15, 0.2) is 36.4 Å². The van der Waals surface area contributed by atoms with E-state index in [-0.39, 0.29) is 11.8 Å². The molecule has 7 heteroatoms. The number of fused-ring (bicyclic) bond motifs is 1. The van der Waals surface area contributed by atoms with Crippen LogP contribution in [0.5, 0.6) is 11.5 Å². The maximum atomic E-state index is 12.9. The first-order valence-electron chi connectivity index (χ1n) is 8.04. The van der Waals surface area contributed by atoms with E-state index in [1.54, 1.807) is 43.4 Å². The number of ether oxygens (including phenoxy) is 2. The summed E-state index contributed by atoms with van der Waals surface area (Å²) in [6.07, 6.45) is 0. The van der Waals surface area contributed by atoms with E-state index in [9.17, 15) is 9.59 Å². The minimum atomic E-state index is -0.735. The van der Waals surface area contributed by atoms with E-state index in [0.29, 0.717) is 34.3 Å². The van der Waals surface area contributed by atoms with Crippen LogP contribution >= 0.6 is 11.6 Å². The number of carbonyl (C=O) groups excluding carboxylic acids is 2. The van der Waals surface area contributed by atoms with E-state index in [1.807, 2.05) is 12.1 Å². The van der Waals surface area contributed by atoms with Crippen molar-refractivity contribution in [1.82, 2.24) is 5.32 Å². The van der Waals surface area contributed by atoms with Crippen LogP contribution in [0.4, 0.5) is 5.69 Å². The summed E-state index contributed by atoms with van der Waals surface area (Å²) >= 11 is 6.35. The van der Waals surface area contributed by atoms with Crippen molar-refractivity contribution in [2.75, 3.05) is 19.1 Å². The Morgan fingerprint density at radius 3 is 2.58 bits per heavy atom. The molecule has 0 aromatic heterocycles. The van der Waals surface area contributed by atoms with Crippen molar-refractivity contribution in [3.8, 4) is 11.5 Å². The molecule has 1 heterocycles. The Morgan fingerprint density at radius 1 is 1.19 bits per heavy atom. The molecule has 1 aliphatic rings. The highest BCUT2D eigenvalue weighted by atomic mass is 35.5. The molecule has 2 aromatic rings. The number of nitrogens with one attached hydrogen (secondary N) is 1. The lowest BCUT2D eigenvalue weighted by Crippen LogP contribution is -2.36. The number of anilines is 1. The van der Waals surface area contributed by atoms with E-state index in [2.05, 4.69) is 5.32 Å². The monoisotopic (exact) mass is 374 g/mol. The fraction of sp³-hybridized carbons (Fsp3) is 0.263. The molecule has 0 saturated heterocycles. The predicted octanol–water partition coefficient (Wildman–Crippen LogP) is 3.08. The summed E-state index contributed by atoms with van der Waals surface area (Å²) in [6.45, 7) is 1.68. The molecule has 3 rings (SSSR count). The van der Waals surface area contributed by atoms with Crippen LogP contribution in [-0.4, -0.2) is 26.0 Å². The lowest BCUT2D eigenvalue weighted by atomic mass is 10.1. The van der Waals surface area contributed by atoms with Gasteiger partial charge in [-0.05, 0) is 23.8 Å². The Labute approximate surface area is 156 Å². The summed E-state index contributed by atoms with van der Waals surface area (Å²) in [7, 11) is 3.12. The van der Waals surface area contributed by atoms with Crippen molar-refractivity contribution in [2.45, 2.75) is 19.5 Å². The van der Waals surface area contributed by atoms with E-state index >= 15 is 0 Å². The number of halogens is 1. The molecular formula is C19H19ClN2O4. The third kappa shape index (κ3) is 3.20. The number of benzene rings is 2. The van der Waals surface area contributed by atoms with Gasteiger partial charge in [0.2, 0.25) is 5.91 Å². The van der Waals surface area contributed by atoms with E-state index in [1.165, 1.54) is 6.92 Å². The van der Waals surface area contributed by atoms with Crippen molar-refractivity contribution in [3.63, 3.8) is 0 Å². The molecule has 26 heavy (non-hydrogen) atoms. The van der Waals surface area contributed by atoms with Gasteiger partial charge in [-0.25, -0.2) is 0 Å². The smallest absolute Gasteiger partial charge is 0.254 e.